The van der Waals surface area contributed by atoms with E-state index in [-0.39, 0.29) is 17.4 Å². The van der Waals surface area contributed by atoms with Crippen molar-refractivity contribution in [3.05, 3.63) is 0 Å². The van der Waals surface area contributed by atoms with Crippen LogP contribution in [0.1, 0.15) is 0 Å². The van der Waals surface area contributed by atoms with Crippen molar-refractivity contribution in [2.24, 2.45) is 0 Å². The lowest BCUT2D eigenvalue weighted by atomic mass is 15.0. The standard InChI is InChI=1S/Al.H3O2P.3H/c;1-2-3;;;/h;1H,3H2;;;. The van der Waals surface area contributed by atoms with E-state index in [1.54, 1.807) is 9.47 Å². The quantitative estimate of drug-likeness (QED) is 0.183. The highest BCUT2D eigenvalue weighted by molar-refractivity contribution is 7.09. The Labute approximate surface area is 37.5 Å². The number of hydrogen-bond acceptors (Lipinski definition) is 2. The van der Waals surface area contributed by atoms with Crippen LogP contribution < -0.4 is 0 Å². The van der Waals surface area contributed by atoms with Crippen LogP contribution in [0.25, 0.3) is 0 Å². The van der Waals surface area contributed by atoms with E-state index in [0.717, 1.165) is 0 Å². The monoisotopic (exact) mass is 96.0 g/mol. The predicted molar refractivity (Wildman–Crippen MR) is 23.4 cm³/mol. The minimum atomic E-state index is 0. The molecular weight excluding hydrogens is 90.0 g/mol. The highest BCUT2D eigenvalue weighted by Gasteiger charge is 1.26. The van der Waals surface area contributed by atoms with Gasteiger partial charge in [-0.3, -0.25) is 0 Å². The fourth-order valence-electron chi connectivity index (χ4n) is 0. The summed E-state index contributed by atoms with van der Waals surface area (Å²) in [6, 6.07) is 0. The van der Waals surface area contributed by atoms with Gasteiger partial charge in [-0.2, -0.15) is 0 Å². The van der Waals surface area contributed by atoms with Gasteiger partial charge in [0.25, 0.3) is 0 Å². The van der Waals surface area contributed by atoms with Gasteiger partial charge in [0.05, 0.1) is 0 Å². The third kappa shape index (κ3) is 13.1. The Bertz CT molecular complexity index is 6.00. The van der Waals surface area contributed by atoms with Gasteiger partial charge in [0.15, 0.2) is 17.4 Å². The van der Waals surface area contributed by atoms with Gasteiger partial charge >= 0.3 is 0 Å². The third-order valence-corrected chi connectivity index (χ3v) is 0. The summed E-state index contributed by atoms with van der Waals surface area (Å²) in [6.07, 6.45) is 0. The summed E-state index contributed by atoms with van der Waals surface area (Å²) in [5, 5.41) is 7.03. The zero-order valence-corrected chi connectivity index (χ0v) is 2.59. The highest BCUT2D eigenvalue weighted by atomic mass is 31.0. The lowest BCUT2D eigenvalue weighted by Gasteiger charge is -1.59. The molecule has 0 amide bonds. The molecule has 0 spiro atoms. The van der Waals surface area contributed by atoms with Crippen molar-refractivity contribution in [2.45, 2.75) is 0 Å². The first kappa shape index (κ1) is 8.86. The second-order valence-corrected chi connectivity index (χ2v) is 0.316. The smallest absolute Gasteiger partial charge is 0.187 e. The van der Waals surface area contributed by atoms with Crippen LogP contribution >= 0.6 is 9.47 Å². The van der Waals surface area contributed by atoms with Crippen molar-refractivity contribution < 1.29 is 9.93 Å². The van der Waals surface area contributed by atoms with Crippen LogP contribution in [0.3, 0.4) is 0 Å². The van der Waals surface area contributed by atoms with Crippen LogP contribution in [0.15, 0.2) is 0 Å². The first-order valence-electron chi connectivity index (χ1n) is 0.418. The van der Waals surface area contributed by atoms with Crippen molar-refractivity contribution in [3.63, 3.8) is 0 Å². The topological polar surface area (TPSA) is 29.5 Å². The van der Waals surface area contributed by atoms with Gasteiger partial charge in [0.2, 0.25) is 0 Å². The van der Waals surface area contributed by atoms with E-state index >= 15 is 0 Å². The van der Waals surface area contributed by atoms with Gasteiger partial charge in [-0.25, -0.2) is 9.93 Å². The summed E-state index contributed by atoms with van der Waals surface area (Å²) in [5.74, 6) is 0. The second kappa shape index (κ2) is 9.10. The molecule has 4 heavy (non-hydrogen) atoms. The molecule has 0 aliphatic heterocycles. The van der Waals surface area contributed by atoms with E-state index in [1.807, 2.05) is 0 Å². The van der Waals surface area contributed by atoms with Crippen molar-refractivity contribution >= 4 is 26.8 Å². The molecule has 1 atom stereocenters. The fraction of sp³-hybridized carbons (Fsp3) is 0. The van der Waals surface area contributed by atoms with Crippen molar-refractivity contribution in [1.82, 2.24) is 0 Å². The van der Waals surface area contributed by atoms with E-state index < -0.39 is 0 Å². The fourth-order valence-corrected chi connectivity index (χ4v) is 0. The molecule has 0 bridgehead atoms. The Hall–Kier alpha value is 0.882. The van der Waals surface area contributed by atoms with Gasteiger partial charge in [0.1, 0.15) is 0 Å². The maximum atomic E-state index is 7.03. The van der Waals surface area contributed by atoms with Gasteiger partial charge in [-0.05, 0) is 0 Å². The molecule has 0 radical (unpaired) electrons. The Morgan fingerprint density at radius 3 is 1.75 bits per heavy atom. The largest absolute Gasteiger partial charge is 0.249 e. The summed E-state index contributed by atoms with van der Waals surface area (Å²) < 4.78 is 3.17. The van der Waals surface area contributed by atoms with Gasteiger partial charge < -0.3 is 0 Å². The summed E-state index contributed by atoms with van der Waals surface area (Å²) in [5.41, 5.74) is 0. The van der Waals surface area contributed by atoms with E-state index in [1.165, 1.54) is 0 Å². The van der Waals surface area contributed by atoms with Crippen LogP contribution in [-0.4, -0.2) is 22.6 Å². The molecule has 1 N–H and O–H groups in total. The van der Waals surface area contributed by atoms with Crippen molar-refractivity contribution in [3.8, 4) is 0 Å². The lowest BCUT2D eigenvalue weighted by Crippen LogP contribution is -1.41. The molecule has 0 rings (SSSR count). The number of rotatable bonds is 0. The maximum Gasteiger partial charge on any atom is 0.187 e. The molecule has 0 aliphatic carbocycles. The van der Waals surface area contributed by atoms with Gasteiger partial charge in [-0.1, -0.05) is 0 Å². The first-order chi connectivity index (χ1) is 1.41. The normalized spacial score (nSPS) is 4.50. The molecule has 0 fully saturated rings. The van der Waals surface area contributed by atoms with E-state index in [0.29, 0.717) is 0 Å². The van der Waals surface area contributed by atoms with Crippen LogP contribution in [0.5, 0.6) is 0 Å². The second-order valence-electron chi connectivity index (χ2n) is 0.105. The van der Waals surface area contributed by atoms with E-state index in [2.05, 4.69) is 4.67 Å². The molecule has 0 aromatic rings. The SMILES string of the molecule is OOP.[AlH3]. The first-order valence-corrected chi connectivity index (χ1v) is 0.890. The molecule has 0 aliphatic rings. The van der Waals surface area contributed by atoms with Gasteiger partial charge in [-0.15, -0.1) is 0 Å². The molecule has 1 unspecified atom stereocenters. The van der Waals surface area contributed by atoms with Crippen LogP contribution in [0.2, 0.25) is 0 Å². The zero-order chi connectivity index (χ0) is 2.71. The molecule has 0 heterocycles. The Morgan fingerprint density at radius 2 is 1.75 bits per heavy atom. The Balaban J connectivity index is 0. The third-order valence-electron chi connectivity index (χ3n) is 0. The van der Waals surface area contributed by atoms with Gasteiger partial charge in [0, 0.05) is 9.47 Å². The average Bonchev–Trinajstić information content (AvgIpc) is 0.918. The van der Waals surface area contributed by atoms with E-state index in [9.17, 15) is 0 Å². The summed E-state index contributed by atoms with van der Waals surface area (Å²) >= 11 is 0. The molecule has 0 aromatic carbocycles. The molecule has 26 valence electrons. The Kier molecular flexibility index (Phi) is 20.2. The molecule has 2 nitrogen and oxygen atoms in total. The molecule has 0 saturated carbocycles. The summed E-state index contributed by atoms with van der Waals surface area (Å²) in [7, 11) is 1.63. The molecule has 0 aromatic heterocycles. The zero-order valence-electron chi connectivity index (χ0n) is 1.43. The lowest BCUT2D eigenvalue weighted by molar-refractivity contribution is -0.118. The van der Waals surface area contributed by atoms with Crippen LogP contribution in [-0.2, 0) is 4.67 Å². The van der Waals surface area contributed by atoms with Crippen LogP contribution in [0, 0.1) is 0 Å². The molecular formula is H6AlO2P. The van der Waals surface area contributed by atoms with E-state index in [4.69, 9.17) is 5.26 Å². The molecule has 4 heteroatoms. The van der Waals surface area contributed by atoms with Crippen molar-refractivity contribution in [2.75, 3.05) is 0 Å². The maximum absolute atomic E-state index is 7.03. The molecule has 0 saturated heterocycles. The van der Waals surface area contributed by atoms with Crippen molar-refractivity contribution in [1.29, 1.82) is 0 Å². The highest BCUT2D eigenvalue weighted by Crippen LogP contribution is 1.67. The minimum Gasteiger partial charge on any atom is -0.249 e. The number of hydrogen-bond donors (Lipinski definition) is 1. The predicted octanol–water partition coefficient (Wildman–Crippen LogP) is -0.918. The summed E-state index contributed by atoms with van der Waals surface area (Å²) in [6.45, 7) is 0. The minimum absolute atomic E-state index is 0. The van der Waals surface area contributed by atoms with Crippen LogP contribution in [0.4, 0.5) is 0 Å². The average molecular weight is 96.0 g/mol. The Morgan fingerprint density at radius 1 is 1.75 bits per heavy atom. The summed E-state index contributed by atoms with van der Waals surface area (Å²) in [4.78, 5) is 0.